The molecule has 26 heavy (non-hydrogen) atoms. The smallest absolute Gasteiger partial charge is 0.229 e. The van der Waals surface area contributed by atoms with Crippen molar-refractivity contribution in [1.82, 2.24) is 0 Å². The number of benzene rings is 2. The number of carbonyl (C=O) groups is 2. The summed E-state index contributed by atoms with van der Waals surface area (Å²) in [6, 6.07) is 10.6. The van der Waals surface area contributed by atoms with Crippen LogP contribution in [0.3, 0.4) is 0 Å². The van der Waals surface area contributed by atoms with E-state index in [1.54, 1.807) is 31.4 Å². The largest absolute Gasteiger partial charge is 0.495 e. The average molecular weight is 393 g/mol. The highest BCUT2D eigenvalue weighted by Gasteiger charge is 2.37. The van der Waals surface area contributed by atoms with Crippen molar-refractivity contribution in [2.75, 3.05) is 23.9 Å². The normalized spacial score (nSPS) is 16.7. The third-order valence-corrected chi connectivity index (χ3v) is 4.93. The maximum atomic E-state index is 12.7. The van der Waals surface area contributed by atoms with Gasteiger partial charge in [0.15, 0.2) is 0 Å². The molecule has 0 spiro atoms. The Labute approximate surface area is 161 Å². The lowest BCUT2D eigenvalue weighted by Crippen LogP contribution is -2.28. The number of carbonyl (C=O) groups excluding carboxylic acids is 2. The number of hydrogen-bond acceptors (Lipinski definition) is 3. The van der Waals surface area contributed by atoms with Crippen molar-refractivity contribution < 1.29 is 14.3 Å². The fourth-order valence-electron chi connectivity index (χ4n) is 3.00. The fraction of sp³-hybridized carbons (Fsp3) is 0.263. The van der Waals surface area contributed by atoms with Gasteiger partial charge in [-0.1, -0.05) is 35.3 Å². The molecule has 1 unspecified atom stereocenters. The Morgan fingerprint density at radius 3 is 2.58 bits per heavy atom. The van der Waals surface area contributed by atoms with Gasteiger partial charge >= 0.3 is 0 Å². The van der Waals surface area contributed by atoms with E-state index < -0.39 is 5.92 Å². The molecule has 0 radical (unpaired) electrons. The molecular weight excluding hydrogens is 375 g/mol. The van der Waals surface area contributed by atoms with E-state index in [9.17, 15) is 9.59 Å². The van der Waals surface area contributed by atoms with Crippen molar-refractivity contribution in [3.8, 4) is 5.75 Å². The monoisotopic (exact) mass is 392 g/mol. The molecule has 7 heteroatoms. The zero-order valence-corrected chi connectivity index (χ0v) is 15.9. The summed E-state index contributed by atoms with van der Waals surface area (Å²) in [4.78, 5) is 26.6. The first-order valence-corrected chi connectivity index (χ1v) is 8.86. The summed E-state index contributed by atoms with van der Waals surface area (Å²) >= 11 is 12.4. The van der Waals surface area contributed by atoms with Crippen molar-refractivity contribution in [3.63, 3.8) is 0 Å². The Bertz CT molecular complexity index is 850. The zero-order valence-electron chi connectivity index (χ0n) is 14.4. The minimum absolute atomic E-state index is 0.0987. The second-order valence-electron chi connectivity index (χ2n) is 6.17. The zero-order chi connectivity index (χ0) is 18.8. The van der Waals surface area contributed by atoms with Gasteiger partial charge in [0.05, 0.1) is 34.4 Å². The summed E-state index contributed by atoms with van der Waals surface area (Å²) in [5, 5.41) is 3.62. The van der Waals surface area contributed by atoms with E-state index >= 15 is 0 Å². The molecule has 1 N–H and O–H groups in total. The lowest BCUT2D eigenvalue weighted by molar-refractivity contribution is -0.122. The lowest BCUT2D eigenvalue weighted by atomic mass is 10.1. The molecule has 5 nitrogen and oxygen atoms in total. The number of rotatable bonds is 4. The number of methoxy groups -OCH3 is 1. The molecular formula is C19H18Cl2N2O3. The van der Waals surface area contributed by atoms with Crippen molar-refractivity contribution in [3.05, 3.63) is 52.0 Å². The van der Waals surface area contributed by atoms with E-state index in [-0.39, 0.29) is 24.8 Å². The predicted octanol–water partition coefficient (Wildman–Crippen LogP) is 4.30. The van der Waals surface area contributed by atoms with E-state index in [0.29, 0.717) is 27.2 Å². The van der Waals surface area contributed by atoms with Crippen molar-refractivity contribution in [2.24, 2.45) is 5.92 Å². The minimum atomic E-state index is -0.500. The predicted molar refractivity (Wildman–Crippen MR) is 103 cm³/mol. The van der Waals surface area contributed by atoms with Gasteiger partial charge in [-0.3, -0.25) is 9.59 Å². The average Bonchev–Trinajstić information content (AvgIpc) is 2.97. The summed E-state index contributed by atoms with van der Waals surface area (Å²) < 4.78 is 5.28. The molecule has 2 amide bonds. The molecule has 1 fully saturated rings. The Morgan fingerprint density at radius 2 is 1.92 bits per heavy atom. The van der Waals surface area contributed by atoms with Crippen LogP contribution in [0.5, 0.6) is 5.75 Å². The second kappa shape index (κ2) is 7.56. The van der Waals surface area contributed by atoms with Crippen LogP contribution >= 0.6 is 23.2 Å². The standard InChI is InChI=1S/C19H18Cl2N2O3/c1-11-6-7-16(26-2)15(8-11)22-19(25)12-9-17(24)23(10-12)18-13(20)4-3-5-14(18)21/h3-8,12H,9-10H2,1-2H3,(H,22,25). The molecule has 0 bridgehead atoms. The number of amides is 2. The number of halogens is 2. The van der Waals surface area contributed by atoms with E-state index in [4.69, 9.17) is 27.9 Å². The second-order valence-corrected chi connectivity index (χ2v) is 6.98. The van der Waals surface area contributed by atoms with Gasteiger partial charge in [-0.2, -0.15) is 0 Å². The summed E-state index contributed by atoms with van der Waals surface area (Å²) in [5.41, 5.74) is 2.02. The van der Waals surface area contributed by atoms with Gasteiger partial charge in [-0.15, -0.1) is 0 Å². The Kier molecular flexibility index (Phi) is 5.39. The van der Waals surface area contributed by atoms with Crippen LogP contribution in [0.1, 0.15) is 12.0 Å². The molecule has 2 aromatic carbocycles. The molecule has 3 rings (SSSR count). The number of para-hydroxylation sites is 1. The Morgan fingerprint density at radius 1 is 1.23 bits per heavy atom. The van der Waals surface area contributed by atoms with E-state index in [1.165, 1.54) is 4.90 Å². The van der Waals surface area contributed by atoms with Crippen molar-refractivity contribution in [1.29, 1.82) is 0 Å². The van der Waals surface area contributed by atoms with E-state index in [1.807, 2.05) is 19.1 Å². The summed E-state index contributed by atoms with van der Waals surface area (Å²) in [7, 11) is 1.54. The van der Waals surface area contributed by atoms with Crippen LogP contribution in [-0.2, 0) is 9.59 Å². The van der Waals surface area contributed by atoms with Crippen molar-refractivity contribution in [2.45, 2.75) is 13.3 Å². The summed E-state index contributed by atoms with van der Waals surface area (Å²) in [6.07, 6.45) is 0.0987. The number of nitrogens with zero attached hydrogens (tertiary/aromatic N) is 1. The van der Waals surface area contributed by atoms with Crippen LogP contribution in [0, 0.1) is 12.8 Å². The minimum Gasteiger partial charge on any atom is -0.495 e. The van der Waals surface area contributed by atoms with Gasteiger partial charge in [-0.05, 0) is 36.8 Å². The molecule has 1 saturated heterocycles. The molecule has 136 valence electrons. The molecule has 1 aliphatic rings. The lowest BCUT2D eigenvalue weighted by Gasteiger charge is -2.19. The first kappa shape index (κ1) is 18.5. The van der Waals surface area contributed by atoms with Crippen LogP contribution in [0.2, 0.25) is 10.0 Å². The highest BCUT2D eigenvalue weighted by Crippen LogP contribution is 2.37. The van der Waals surface area contributed by atoms with Gasteiger partial charge in [0.2, 0.25) is 11.8 Å². The molecule has 0 saturated carbocycles. The van der Waals surface area contributed by atoms with Crippen LogP contribution < -0.4 is 15.0 Å². The maximum Gasteiger partial charge on any atom is 0.229 e. The van der Waals surface area contributed by atoms with Gasteiger partial charge in [0.1, 0.15) is 5.75 Å². The fourth-order valence-corrected chi connectivity index (χ4v) is 3.60. The van der Waals surface area contributed by atoms with Gasteiger partial charge in [-0.25, -0.2) is 0 Å². The Hall–Kier alpha value is -2.24. The van der Waals surface area contributed by atoms with Crippen LogP contribution in [0.25, 0.3) is 0 Å². The van der Waals surface area contributed by atoms with E-state index in [0.717, 1.165) is 5.56 Å². The van der Waals surface area contributed by atoms with Gasteiger partial charge < -0.3 is 15.0 Å². The SMILES string of the molecule is COc1ccc(C)cc1NC(=O)C1CC(=O)N(c2c(Cl)cccc2Cl)C1. The molecule has 1 heterocycles. The number of anilines is 2. The maximum absolute atomic E-state index is 12.7. The molecule has 1 atom stereocenters. The van der Waals surface area contributed by atoms with Gasteiger partial charge in [0.25, 0.3) is 0 Å². The van der Waals surface area contributed by atoms with Crippen molar-refractivity contribution >= 4 is 46.4 Å². The number of nitrogens with one attached hydrogen (secondary N) is 1. The highest BCUT2D eigenvalue weighted by molar-refractivity contribution is 6.40. The third-order valence-electron chi connectivity index (χ3n) is 4.32. The van der Waals surface area contributed by atoms with E-state index in [2.05, 4.69) is 5.32 Å². The number of hydrogen-bond donors (Lipinski definition) is 1. The third kappa shape index (κ3) is 3.64. The quantitative estimate of drug-likeness (QED) is 0.843. The molecule has 0 aliphatic carbocycles. The summed E-state index contributed by atoms with van der Waals surface area (Å²) in [6.45, 7) is 2.15. The van der Waals surface area contributed by atoms with Crippen LogP contribution in [0.15, 0.2) is 36.4 Å². The molecule has 2 aromatic rings. The molecule has 1 aliphatic heterocycles. The first-order chi connectivity index (χ1) is 12.4. The van der Waals surface area contributed by atoms with Crippen LogP contribution in [-0.4, -0.2) is 25.5 Å². The first-order valence-electron chi connectivity index (χ1n) is 8.10. The van der Waals surface area contributed by atoms with Crippen LogP contribution in [0.4, 0.5) is 11.4 Å². The number of ether oxygens (including phenoxy) is 1. The number of aryl methyl sites for hydroxylation is 1. The topological polar surface area (TPSA) is 58.6 Å². The summed E-state index contributed by atoms with van der Waals surface area (Å²) in [5.74, 6) is -0.358. The van der Waals surface area contributed by atoms with Gasteiger partial charge in [0, 0.05) is 13.0 Å². The highest BCUT2D eigenvalue weighted by atomic mass is 35.5. The Balaban J connectivity index is 1.79. The molecule has 0 aromatic heterocycles.